The van der Waals surface area contributed by atoms with E-state index in [0.717, 1.165) is 24.1 Å². The minimum absolute atomic E-state index is 0.139. The number of carbonyl (C=O) groups is 1. The van der Waals surface area contributed by atoms with Crippen LogP contribution >= 0.6 is 0 Å². The van der Waals surface area contributed by atoms with E-state index in [1.807, 2.05) is 22.9 Å². The number of aromatic nitrogens is 5. The Morgan fingerprint density at radius 2 is 2.20 bits per heavy atom. The highest BCUT2D eigenvalue weighted by atomic mass is 19.1. The van der Waals surface area contributed by atoms with Crippen molar-refractivity contribution in [3.8, 4) is 0 Å². The fraction of sp³-hybridized carbons (Fsp3) is 0.412. The number of carbonyl (C=O) groups excluding carboxylic acids is 1. The minimum atomic E-state index is -1.09. The first-order chi connectivity index (χ1) is 12.0. The van der Waals surface area contributed by atoms with Gasteiger partial charge in [-0.05, 0) is 37.3 Å². The fourth-order valence-electron chi connectivity index (χ4n) is 2.95. The third kappa shape index (κ3) is 2.99. The van der Waals surface area contributed by atoms with Gasteiger partial charge >= 0.3 is 5.97 Å². The van der Waals surface area contributed by atoms with E-state index < -0.39 is 12.1 Å². The van der Waals surface area contributed by atoms with Crippen molar-refractivity contribution >= 4 is 11.6 Å². The average molecular weight is 343 g/mol. The summed E-state index contributed by atoms with van der Waals surface area (Å²) in [5.41, 5.74) is 3.23. The van der Waals surface area contributed by atoms with E-state index >= 15 is 0 Å². The third-order valence-electron chi connectivity index (χ3n) is 4.39. The van der Waals surface area contributed by atoms with Crippen LogP contribution in [0.1, 0.15) is 59.2 Å². The van der Waals surface area contributed by atoms with Crippen molar-refractivity contribution in [2.75, 3.05) is 7.11 Å². The molecule has 0 amide bonds. The largest absolute Gasteiger partial charge is 0.464 e. The predicted octanol–water partition coefficient (Wildman–Crippen LogP) is 2.67. The van der Waals surface area contributed by atoms with Gasteiger partial charge in [-0.3, -0.25) is 0 Å². The number of rotatable bonds is 5. The van der Waals surface area contributed by atoms with Crippen LogP contribution in [0.15, 0.2) is 24.7 Å². The lowest BCUT2D eigenvalue weighted by Crippen LogP contribution is -2.02. The van der Waals surface area contributed by atoms with Gasteiger partial charge in [-0.1, -0.05) is 5.21 Å². The molecule has 0 spiro atoms. The van der Waals surface area contributed by atoms with Crippen molar-refractivity contribution in [3.05, 3.63) is 47.2 Å². The zero-order chi connectivity index (χ0) is 17.6. The van der Waals surface area contributed by atoms with Crippen LogP contribution in [-0.2, 0) is 11.3 Å². The number of pyridine rings is 1. The van der Waals surface area contributed by atoms with Crippen molar-refractivity contribution in [1.82, 2.24) is 24.4 Å². The van der Waals surface area contributed by atoms with E-state index in [9.17, 15) is 9.18 Å². The molecule has 3 aromatic rings. The van der Waals surface area contributed by atoms with Crippen molar-refractivity contribution in [2.45, 2.75) is 38.4 Å². The molecule has 1 aliphatic carbocycles. The standard InChI is InChI=1S/C17H18FN5O2/c1-10(18)14-5-12(11-3-4-11)6-22-7-13(19-16(14)22)8-23-9-15(20-21-23)17(24)25-2/h5-7,9-11H,3-4,8H2,1-2H3. The molecule has 0 bridgehead atoms. The van der Waals surface area contributed by atoms with Gasteiger partial charge in [0.25, 0.3) is 0 Å². The first-order valence-electron chi connectivity index (χ1n) is 8.19. The zero-order valence-electron chi connectivity index (χ0n) is 14.0. The number of halogens is 1. The van der Waals surface area contributed by atoms with Gasteiger partial charge in [-0.25, -0.2) is 18.9 Å². The molecule has 3 aromatic heterocycles. The Labute approximate surface area is 143 Å². The Morgan fingerprint density at radius 1 is 1.40 bits per heavy atom. The molecular formula is C17H18FN5O2. The molecule has 3 heterocycles. The minimum Gasteiger partial charge on any atom is -0.464 e. The number of fused-ring (bicyclic) bond motifs is 1. The van der Waals surface area contributed by atoms with Gasteiger partial charge in [-0.15, -0.1) is 5.10 Å². The lowest BCUT2D eigenvalue weighted by Gasteiger charge is -2.08. The van der Waals surface area contributed by atoms with Crippen molar-refractivity contribution in [1.29, 1.82) is 0 Å². The molecule has 0 aromatic carbocycles. The monoisotopic (exact) mass is 343 g/mol. The molecule has 8 heteroatoms. The van der Waals surface area contributed by atoms with Crippen molar-refractivity contribution in [3.63, 3.8) is 0 Å². The van der Waals surface area contributed by atoms with Gasteiger partial charge in [0.2, 0.25) is 0 Å². The number of hydrogen-bond acceptors (Lipinski definition) is 5. The molecule has 0 aliphatic heterocycles. The quantitative estimate of drug-likeness (QED) is 0.666. The van der Waals surface area contributed by atoms with E-state index in [-0.39, 0.29) is 5.69 Å². The van der Waals surface area contributed by atoms with Crippen LogP contribution in [0.25, 0.3) is 5.65 Å². The Bertz CT molecular complexity index is 942. The second-order valence-corrected chi connectivity index (χ2v) is 6.38. The summed E-state index contributed by atoms with van der Waals surface area (Å²) in [5, 5.41) is 7.68. The van der Waals surface area contributed by atoms with E-state index in [0.29, 0.717) is 23.7 Å². The maximum Gasteiger partial charge on any atom is 0.360 e. The van der Waals surface area contributed by atoms with E-state index in [2.05, 4.69) is 20.0 Å². The Hall–Kier alpha value is -2.77. The Morgan fingerprint density at radius 3 is 2.88 bits per heavy atom. The predicted molar refractivity (Wildman–Crippen MR) is 87.2 cm³/mol. The van der Waals surface area contributed by atoms with Crippen LogP contribution in [0.2, 0.25) is 0 Å². The van der Waals surface area contributed by atoms with Gasteiger partial charge < -0.3 is 9.14 Å². The van der Waals surface area contributed by atoms with Crippen LogP contribution in [0, 0.1) is 0 Å². The normalized spacial score (nSPS) is 15.5. The highest BCUT2D eigenvalue weighted by Gasteiger charge is 2.26. The van der Waals surface area contributed by atoms with Crippen molar-refractivity contribution in [2.24, 2.45) is 0 Å². The number of ether oxygens (including phenoxy) is 1. The number of esters is 1. The zero-order valence-corrected chi connectivity index (χ0v) is 14.0. The molecule has 7 nitrogen and oxygen atoms in total. The number of methoxy groups -OCH3 is 1. The second kappa shape index (κ2) is 5.94. The summed E-state index contributed by atoms with van der Waals surface area (Å²) in [4.78, 5) is 16.0. The molecule has 0 radical (unpaired) electrons. The number of nitrogens with zero attached hydrogens (tertiary/aromatic N) is 5. The van der Waals surface area contributed by atoms with Crippen LogP contribution in [-0.4, -0.2) is 37.5 Å². The highest BCUT2D eigenvalue weighted by Crippen LogP contribution is 2.41. The maximum absolute atomic E-state index is 14.1. The molecule has 130 valence electrons. The van der Waals surface area contributed by atoms with Gasteiger partial charge in [0, 0.05) is 18.0 Å². The van der Waals surface area contributed by atoms with Gasteiger partial charge in [0.15, 0.2) is 5.69 Å². The summed E-state index contributed by atoms with van der Waals surface area (Å²) in [5.74, 6) is -0.00505. The molecular weight excluding hydrogens is 325 g/mol. The molecule has 25 heavy (non-hydrogen) atoms. The van der Waals surface area contributed by atoms with Gasteiger partial charge in [0.1, 0.15) is 11.8 Å². The summed E-state index contributed by atoms with van der Waals surface area (Å²) in [6, 6.07) is 1.93. The Kier molecular flexibility index (Phi) is 3.74. The summed E-state index contributed by atoms with van der Waals surface area (Å²) >= 11 is 0. The first-order valence-corrected chi connectivity index (χ1v) is 8.19. The summed E-state index contributed by atoms with van der Waals surface area (Å²) in [6.45, 7) is 1.87. The topological polar surface area (TPSA) is 74.3 Å². The molecule has 1 atom stereocenters. The second-order valence-electron chi connectivity index (χ2n) is 6.38. The lowest BCUT2D eigenvalue weighted by molar-refractivity contribution is 0.0594. The maximum atomic E-state index is 14.1. The summed E-state index contributed by atoms with van der Waals surface area (Å²) in [6.07, 6.45) is 6.62. The number of alkyl halides is 1. The molecule has 1 saturated carbocycles. The van der Waals surface area contributed by atoms with Gasteiger partial charge in [-0.2, -0.15) is 0 Å². The molecule has 1 fully saturated rings. The van der Waals surface area contributed by atoms with Crippen molar-refractivity contribution < 1.29 is 13.9 Å². The molecule has 1 aliphatic rings. The summed E-state index contributed by atoms with van der Waals surface area (Å²) < 4.78 is 22.1. The molecule has 0 saturated heterocycles. The Balaban J connectivity index is 1.67. The smallest absolute Gasteiger partial charge is 0.360 e. The SMILES string of the molecule is COC(=O)c1cn(Cc2cn3cc(C4CC4)cc(C(C)F)c3n2)nn1. The van der Waals surface area contributed by atoms with E-state index in [1.165, 1.54) is 24.9 Å². The third-order valence-corrected chi connectivity index (χ3v) is 4.39. The van der Waals surface area contributed by atoms with E-state index in [1.54, 1.807) is 0 Å². The molecule has 0 N–H and O–H groups in total. The number of imidazole rings is 1. The van der Waals surface area contributed by atoms with E-state index in [4.69, 9.17) is 0 Å². The fourth-order valence-corrected chi connectivity index (χ4v) is 2.95. The van der Waals surface area contributed by atoms with Crippen LogP contribution in [0.3, 0.4) is 0 Å². The van der Waals surface area contributed by atoms with Gasteiger partial charge in [0.05, 0.1) is 25.5 Å². The van der Waals surface area contributed by atoms with Crippen LogP contribution in [0.5, 0.6) is 0 Å². The number of hydrogen-bond donors (Lipinski definition) is 0. The van der Waals surface area contributed by atoms with Crippen LogP contribution < -0.4 is 0 Å². The molecule has 4 rings (SSSR count). The average Bonchev–Trinajstić information content (AvgIpc) is 3.21. The summed E-state index contributed by atoms with van der Waals surface area (Å²) in [7, 11) is 1.29. The molecule has 1 unspecified atom stereocenters. The van der Waals surface area contributed by atoms with Crippen LogP contribution in [0.4, 0.5) is 4.39 Å². The first kappa shape index (κ1) is 15.7. The lowest BCUT2D eigenvalue weighted by atomic mass is 10.1. The highest BCUT2D eigenvalue weighted by molar-refractivity contribution is 5.86.